The largest absolute Gasteiger partial charge is 0.456 e. The smallest absolute Gasteiger partial charge is 0.136 e. The Morgan fingerprint density at radius 3 is 1.25 bits per heavy atom. The molecule has 0 saturated heterocycles. The third kappa shape index (κ3) is 6.89. The van der Waals surface area contributed by atoms with Crippen molar-refractivity contribution >= 4 is 77.6 Å². The van der Waals surface area contributed by atoms with E-state index in [9.17, 15) is 0 Å². The molecule has 0 amide bonds. The van der Waals surface area contributed by atoms with E-state index in [0.717, 1.165) is 72.6 Å². The SMILES string of the molecule is Cc1ccc(N(c2cc(C)cc(C)c2)c2ccc3cc(-c4ccc5c(c4)oc4cc6cc(N(c7ccc(C)cc7)c7cc(C)cc(C)c7)ccc6cc45)ccc3c2)cc1. The number of hydrogen-bond acceptors (Lipinski definition) is 3. The first-order valence-electron chi connectivity index (χ1n) is 20.5. The fourth-order valence-corrected chi connectivity index (χ4v) is 8.82. The lowest BCUT2D eigenvalue weighted by Crippen LogP contribution is -2.10. The van der Waals surface area contributed by atoms with Gasteiger partial charge in [-0.3, -0.25) is 0 Å². The number of fused-ring (bicyclic) bond motifs is 5. The summed E-state index contributed by atoms with van der Waals surface area (Å²) in [4.78, 5) is 4.71. The average Bonchev–Trinajstić information content (AvgIpc) is 3.57. The summed E-state index contributed by atoms with van der Waals surface area (Å²) in [7, 11) is 0. The summed E-state index contributed by atoms with van der Waals surface area (Å²) in [6, 6.07) is 62.5. The Morgan fingerprint density at radius 1 is 0.271 bits per heavy atom. The van der Waals surface area contributed by atoms with Crippen molar-refractivity contribution in [2.24, 2.45) is 0 Å². The lowest BCUT2D eigenvalue weighted by atomic mass is 9.99. The number of nitrogens with zero attached hydrogens (tertiary/aromatic N) is 2. The van der Waals surface area contributed by atoms with Gasteiger partial charge in [-0.2, -0.15) is 0 Å². The molecule has 0 radical (unpaired) electrons. The Morgan fingerprint density at radius 2 is 0.695 bits per heavy atom. The quantitative estimate of drug-likeness (QED) is 0.161. The summed E-state index contributed by atoms with van der Waals surface area (Å²) in [6.45, 7) is 12.9. The minimum atomic E-state index is 0.891. The van der Waals surface area contributed by atoms with Crippen molar-refractivity contribution < 1.29 is 4.42 Å². The van der Waals surface area contributed by atoms with Crippen LogP contribution < -0.4 is 9.80 Å². The highest BCUT2D eigenvalue weighted by atomic mass is 16.3. The molecular weight excluding hydrogens is 717 g/mol. The Bertz CT molecular complexity index is 3190. The average molecular weight is 763 g/mol. The topological polar surface area (TPSA) is 19.6 Å². The first kappa shape index (κ1) is 36.3. The van der Waals surface area contributed by atoms with Crippen LogP contribution in [-0.2, 0) is 0 Å². The molecule has 10 aromatic rings. The van der Waals surface area contributed by atoms with E-state index in [0.29, 0.717) is 0 Å². The third-order valence-electron chi connectivity index (χ3n) is 11.6. The number of hydrogen-bond donors (Lipinski definition) is 0. The highest BCUT2D eigenvalue weighted by Crippen LogP contribution is 2.41. The molecule has 0 atom stereocenters. The highest BCUT2D eigenvalue weighted by molar-refractivity contribution is 6.11. The van der Waals surface area contributed by atoms with Gasteiger partial charge < -0.3 is 14.2 Å². The van der Waals surface area contributed by atoms with Gasteiger partial charge in [0.1, 0.15) is 11.2 Å². The molecule has 1 aromatic heterocycles. The predicted molar refractivity (Wildman–Crippen MR) is 252 cm³/mol. The van der Waals surface area contributed by atoms with E-state index in [1.54, 1.807) is 0 Å². The summed E-state index contributed by atoms with van der Waals surface area (Å²) in [5.41, 5.74) is 18.4. The fourth-order valence-electron chi connectivity index (χ4n) is 8.82. The molecule has 3 heteroatoms. The van der Waals surface area contributed by atoms with E-state index in [4.69, 9.17) is 4.42 Å². The van der Waals surface area contributed by atoms with E-state index >= 15 is 0 Å². The van der Waals surface area contributed by atoms with Crippen molar-refractivity contribution in [3.63, 3.8) is 0 Å². The summed E-state index contributed by atoms with van der Waals surface area (Å²) in [5, 5.41) is 6.97. The molecule has 9 aromatic carbocycles. The van der Waals surface area contributed by atoms with Crippen LogP contribution in [0.4, 0.5) is 34.1 Å². The lowest BCUT2D eigenvalue weighted by Gasteiger charge is -2.27. The maximum atomic E-state index is 6.66. The first-order valence-corrected chi connectivity index (χ1v) is 20.5. The Kier molecular flexibility index (Phi) is 8.83. The first-order chi connectivity index (χ1) is 28.6. The zero-order valence-corrected chi connectivity index (χ0v) is 34.5. The van der Waals surface area contributed by atoms with Gasteiger partial charge in [-0.05, 0) is 200 Å². The Labute approximate surface area is 346 Å². The minimum absolute atomic E-state index is 0.891. The van der Waals surface area contributed by atoms with Crippen molar-refractivity contribution in [2.75, 3.05) is 9.80 Å². The van der Waals surface area contributed by atoms with Crippen LogP contribution in [0.5, 0.6) is 0 Å². The van der Waals surface area contributed by atoms with Gasteiger partial charge in [-0.15, -0.1) is 0 Å². The highest BCUT2D eigenvalue weighted by Gasteiger charge is 2.17. The molecule has 0 spiro atoms. The lowest BCUT2D eigenvalue weighted by molar-refractivity contribution is 0.669. The molecule has 0 aliphatic carbocycles. The van der Waals surface area contributed by atoms with Crippen LogP contribution in [0.2, 0.25) is 0 Å². The molecule has 0 fully saturated rings. The maximum Gasteiger partial charge on any atom is 0.136 e. The van der Waals surface area contributed by atoms with Crippen LogP contribution in [-0.4, -0.2) is 0 Å². The minimum Gasteiger partial charge on any atom is -0.456 e. The second-order valence-corrected chi connectivity index (χ2v) is 16.5. The molecule has 0 bridgehead atoms. The van der Waals surface area contributed by atoms with Crippen molar-refractivity contribution in [1.29, 1.82) is 0 Å². The van der Waals surface area contributed by atoms with E-state index in [1.807, 2.05) is 0 Å². The summed E-state index contributed by atoms with van der Waals surface area (Å²) in [5.74, 6) is 0. The molecule has 286 valence electrons. The fraction of sp³-hybridized carbons (Fsp3) is 0.107. The molecule has 0 unspecified atom stereocenters. The van der Waals surface area contributed by atoms with Crippen LogP contribution in [0, 0.1) is 41.5 Å². The second kappa shape index (κ2) is 14.4. The number of aryl methyl sites for hydroxylation is 6. The van der Waals surface area contributed by atoms with Gasteiger partial charge >= 0.3 is 0 Å². The molecule has 10 rings (SSSR count). The summed E-state index contributed by atoms with van der Waals surface area (Å²) < 4.78 is 6.66. The maximum absolute atomic E-state index is 6.66. The molecule has 0 saturated carbocycles. The van der Waals surface area contributed by atoms with Crippen molar-refractivity contribution in [2.45, 2.75) is 41.5 Å². The molecule has 3 nitrogen and oxygen atoms in total. The zero-order valence-electron chi connectivity index (χ0n) is 34.5. The molecule has 59 heavy (non-hydrogen) atoms. The standard InChI is InChI=1S/C56H46N2O/c1-35-7-16-47(17-8-35)57(51-25-37(3)23-38(4)26-51)49-20-13-42-29-41(11-12-43(42)30-49)45-15-22-53-54-32-44-14-21-50(31-46(44)34-56(54)59-55(53)33-45)58(48-18-9-36(2)10-19-48)52-27-39(5)24-40(6)28-52/h7-34H,1-6H3. The van der Waals surface area contributed by atoms with Gasteiger partial charge in [0.2, 0.25) is 0 Å². The summed E-state index contributed by atoms with van der Waals surface area (Å²) in [6.07, 6.45) is 0. The van der Waals surface area contributed by atoms with Gasteiger partial charge in [0.25, 0.3) is 0 Å². The van der Waals surface area contributed by atoms with Gasteiger partial charge in [-0.25, -0.2) is 0 Å². The molecular formula is C56H46N2O. The van der Waals surface area contributed by atoms with Gasteiger partial charge in [0.15, 0.2) is 0 Å². The van der Waals surface area contributed by atoms with Crippen LogP contribution in [0.15, 0.2) is 174 Å². The summed E-state index contributed by atoms with van der Waals surface area (Å²) >= 11 is 0. The van der Waals surface area contributed by atoms with Crippen LogP contribution >= 0.6 is 0 Å². The predicted octanol–water partition coefficient (Wildman–Crippen LogP) is 16.3. The molecule has 0 N–H and O–H groups in total. The molecule has 1 heterocycles. The normalized spacial score (nSPS) is 11.6. The number of benzene rings is 9. The van der Waals surface area contributed by atoms with Gasteiger partial charge in [0.05, 0.1) is 0 Å². The van der Waals surface area contributed by atoms with E-state index < -0.39 is 0 Å². The number of rotatable bonds is 7. The Balaban J connectivity index is 1.00. The van der Waals surface area contributed by atoms with E-state index in [-0.39, 0.29) is 0 Å². The Hall–Kier alpha value is -7.10. The number of anilines is 6. The van der Waals surface area contributed by atoms with Crippen LogP contribution in [0.1, 0.15) is 33.4 Å². The molecule has 0 aliphatic rings. The zero-order chi connectivity index (χ0) is 40.4. The number of furan rings is 1. The van der Waals surface area contributed by atoms with E-state index in [2.05, 4.69) is 221 Å². The van der Waals surface area contributed by atoms with Crippen molar-refractivity contribution in [3.05, 3.63) is 203 Å². The van der Waals surface area contributed by atoms with Crippen molar-refractivity contribution in [3.8, 4) is 11.1 Å². The van der Waals surface area contributed by atoms with Gasteiger partial charge in [-0.1, -0.05) is 77.9 Å². The second-order valence-electron chi connectivity index (χ2n) is 16.5. The molecule has 0 aliphatic heterocycles. The van der Waals surface area contributed by atoms with Crippen molar-refractivity contribution in [1.82, 2.24) is 0 Å². The van der Waals surface area contributed by atoms with Crippen LogP contribution in [0.3, 0.4) is 0 Å². The third-order valence-corrected chi connectivity index (χ3v) is 11.6. The van der Waals surface area contributed by atoms with Gasteiger partial charge in [0, 0.05) is 44.9 Å². The van der Waals surface area contributed by atoms with E-state index in [1.165, 1.54) is 49.5 Å². The van der Waals surface area contributed by atoms with Crippen LogP contribution in [0.25, 0.3) is 54.6 Å². The monoisotopic (exact) mass is 762 g/mol.